The summed E-state index contributed by atoms with van der Waals surface area (Å²) in [7, 11) is 0. The summed E-state index contributed by atoms with van der Waals surface area (Å²) >= 11 is 0. The number of hydrogen-bond donors (Lipinski definition) is 0. The summed E-state index contributed by atoms with van der Waals surface area (Å²) < 4.78 is 4.72. The van der Waals surface area contributed by atoms with E-state index < -0.39 is 0 Å². The van der Waals surface area contributed by atoms with Crippen molar-refractivity contribution in [1.29, 1.82) is 0 Å². The maximum atomic E-state index is 10.6. The van der Waals surface area contributed by atoms with E-state index in [2.05, 4.69) is 6.58 Å². The highest BCUT2D eigenvalue weighted by Crippen LogP contribution is 2.21. The maximum Gasteiger partial charge on any atom is 0.311 e. The van der Waals surface area contributed by atoms with Crippen molar-refractivity contribution in [2.24, 2.45) is 5.92 Å². The van der Waals surface area contributed by atoms with Crippen LogP contribution < -0.4 is 0 Å². The predicted octanol–water partition coefficient (Wildman–Crippen LogP) is 1.47. The van der Waals surface area contributed by atoms with E-state index in [9.17, 15) is 4.79 Å². The molecule has 0 N–H and O–H groups in total. The zero-order valence-corrected chi connectivity index (χ0v) is 5.52. The van der Waals surface area contributed by atoms with Crippen LogP contribution in [0.3, 0.4) is 0 Å². The Morgan fingerprint density at radius 2 is 2.33 bits per heavy atom. The molecule has 0 radical (unpaired) electrons. The summed E-state index contributed by atoms with van der Waals surface area (Å²) in [4.78, 5) is 10.6. The Bertz CT molecular complexity index is 133. The Balaban J connectivity index is 2.53. The van der Waals surface area contributed by atoms with E-state index in [1.807, 2.05) is 6.92 Å². The molecule has 1 saturated heterocycles. The molecule has 0 unspecified atom stereocenters. The average molecular weight is 126 g/mol. The molecule has 1 fully saturated rings. The lowest BCUT2D eigenvalue weighted by Crippen LogP contribution is -2.16. The summed E-state index contributed by atoms with van der Waals surface area (Å²) in [5, 5.41) is 0. The minimum absolute atomic E-state index is 0.140. The fourth-order valence-corrected chi connectivity index (χ4v) is 0.990. The normalized spacial score (nSPS) is 27.9. The summed E-state index contributed by atoms with van der Waals surface area (Å²) in [5.74, 6) is 0.885. The molecule has 1 rings (SSSR count). The molecule has 2 nitrogen and oxygen atoms in total. The van der Waals surface area contributed by atoms with Crippen molar-refractivity contribution in [2.75, 3.05) is 0 Å². The van der Waals surface area contributed by atoms with Crippen molar-refractivity contribution in [2.45, 2.75) is 19.8 Å². The van der Waals surface area contributed by atoms with E-state index >= 15 is 0 Å². The Labute approximate surface area is 54.5 Å². The van der Waals surface area contributed by atoms with Crippen LogP contribution in [0.25, 0.3) is 0 Å². The molecule has 1 aliphatic heterocycles. The number of esters is 1. The van der Waals surface area contributed by atoms with Crippen molar-refractivity contribution in [3.8, 4) is 0 Å². The molecule has 0 aromatic rings. The molecule has 9 heavy (non-hydrogen) atoms. The van der Waals surface area contributed by atoms with Crippen molar-refractivity contribution in [3.05, 3.63) is 12.3 Å². The molecule has 1 atom stereocenters. The lowest BCUT2D eigenvalue weighted by Gasteiger charge is -2.18. The minimum atomic E-state index is -0.140. The van der Waals surface area contributed by atoms with Crippen LogP contribution in [-0.4, -0.2) is 5.97 Å². The summed E-state index contributed by atoms with van der Waals surface area (Å²) in [6.45, 7) is 5.59. The Kier molecular flexibility index (Phi) is 1.56. The highest BCUT2D eigenvalue weighted by molar-refractivity contribution is 5.71. The van der Waals surface area contributed by atoms with Gasteiger partial charge in [-0.2, -0.15) is 0 Å². The van der Waals surface area contributed by atoms with E-state index in [1.165, 1.54) is 0 Å². The first-order valence-electron chi connectivity index (χ1n) is 3.07. The van der Waals surface area contributed by atoms with Crippen LogP contribution in [-0.2, 0) is 9.53 Å². The number of ether oxygens (including phenoxy) is 1. The quantitative estimate of drug-likeness (QED) is 0.459. The van der Waals surface area contributed by atoms with E-state index in [0.29, 0.717) is 18.1 Å². The topological polar surface area (TPSA) is 26.3 Å². The average Bonchev–Trinajstić information content (AvgIpc) is 1.59. The smallest absolute Gasteiger partial charge is 0.311 e. The second-order valence-corrected chi connectivity index (χ2v) is 2.53. The van der Waals surface area contributed by atoms with Gasteiger partial charge in [-0.15, -0.1) is 0 Å². The van der Waals surface area contributed by atoms with Gasteiger partial charge in [0.15, 0.2) is 0 Å². The van der Waals surface area contributed by atoms with Crippen molar-refractivity contribution in [1.82, 2.24) is 0 Å². The van der Waals surface area contributed by atoms with E-state index in [4.69, 9.17) is 4.74 Å². The second-order valence-electron chi connectivity index (χ2n) is 2.53. The second kappa shape index (κ2) is 2.21. The van der Waals surface area contributed by atoms with Crippen LogP contribution in [0.5, 0.6) is 0 Å². The highest BCUT2D eigenvalue weighted by atomic mass is 16.5. The molecule has 1 heterocycles. The lowest BCUT2D eigenvalue weighted by atomic mass is 10.0. The summed E-state index contributed by atoms with van der Waals surface area (Å²) in [6.07, 6.45) is 1.37. The van der Waals surface area contributed by atoms with E-state index in [-0.39, 0.29) is 5.97 Å². The van der Waals surface area contributed by atoms with Gasteiger partial charge in [-0.3, -0.25) is 4.79 Å². The SMILES string of the molecule is C=C1C[C@@H](C)CC(=O)O1. The van der Waals surface area contributed by atoms with E-state index in [0.717, 1.165) is 6.42 Å². The molecule has 0 aromatic heterocycles. The fourth-order valence-electron chi connectivity index (χ4n) is 0.990. The van der Waals surface area contributed by atoms with Gasteiger partial charge >= 0.3 is 5.97 Å². The first-order valence-corrected chi connectivity index (χ1v) is 3.07. The first-order chi connectivity index (χ1) is 4.18. The largest absolute Gasteiger partial charge is 0.432 e. The number of carbonyl (C=O) groups is 1. The van der Waals surface area contributed by atoms with Crippen molar-refractivity contribution >= 4 is 5.97 Å². The molecule has 1 aliphatic rings. The van der Waals surface area contributed by atoms with Gasteiger partial charge < -0.3 is 4.74 Å². The third kappa shape index (κ3) is 1.56. The number of rotatable bonds is 0. The van der Waals surface area contributed by atoms with Crippen LogP contribution >= 0.6 is 0 Å². The molecule has 0 aromatic carbocycles. The van der Waals surface area contributed by atoms with Gasteiger partial charge in [-0.25, -0.2) is 0 Å². The third-order valence-corrected chi connectivity index (χ3v) is 1.35. The third-order valence-electron chi connectivity index (χ3n) is 1.35. The molecule has 0 bridgehead atoms. The first kappa shape index (κ1) is 6.33. The van der Waals surface area contributed by atoms with Crippen LogP contribution in [0.1, 0.15) is 19.8 Å². The van der Waals surface area contributed by atoms with E-state index in [1.54, 1.807) is 0 Å². The molecule has 2 heteroatoms. The van der Waals surface area contributed by atoms with Gasteiger partial charge in [0.25, 0.3) is 0 Å². The van der Waals surface area contributed by atoms with Gasteiger partial charge in [-0.1, -0.05) is 13.5 Å². The lowest BCUT2D eigenvalue weighted by molar-refractivity contribution is -0.143. The van der Waals surface area contributed by atoms with Crippen molar-refractivity contribution < 1.29 is 9.53 Å². The zero-order valence-electron chi connectivity index (χ0n) is 5.52. The minimum Gasteiger partial charge on any atom is -0.432 e. The number of cyclic esters (lactones) is 1. The molecule has 0 amide bonds. The Hall–Kier alpha value is -0.790. The zero-order chi connectivity index (χ0) is 6.85. The molecule has 0 aliphatic carbocycles. The van der Waals surface area contributed by atoms with Crippen LogP contribution in [0, 0.1) is 5.92 Å². The van der Waals surface area contributed by atoms with Gasteiger partial charge in [0.2, 0.25) is 0 Å². The standard InChI is InChI=1S/C7H10O2/c1-5-3-6(2)9-7(8)4-5/h5H,2-4H2,1H3/t5-/m1/s1. The predicted molar refractivity (Wildman–Crippen MR) is 33.6 cm³/mol. The van der Waals surface area contributed by atoms with Gasteiger partial charge in [-0.05, 0) is 5.92 Å². The maximum absolute atomic E-state index is 10.6. The van der Waals surface area contributed by atoms with Crippen molar-refractivity contribution in [3.63, 3.8) is 0 Å². The molecule has 0 saturated carbocycles. The van der Waals surface area contributed by atoms with Gasteiger partial charge in [0.1, 0.15) is 5.76 Å². The van der Waals surface area contributed by atoms with Crippen LogP contribution in [0.15, 0.2) is 12.3 Å². The van der Waals surface area contributed by atoms with Gasteiger partial charge in [0, 0.05) is 12.8 Å². The number of allylic oxidation sites excluding steroid dienone is 1. The van der Waals surface area contributed by atoms with Gasteiger partial charge in [0.05, 0.1) is 0 Å². The molecule has 50 valence electrons. The van der Waals surface area contributed by atoms with Crippen LogP contribution in [0.2, 0.25) is 0 Å². The Morgan fingerprint density at radius 1 is 1.67 bits per heavy atom. The van der Waals surface area contributed by atoms with Crippen LogP contribution in [0.4, 0.5) is 0 Å². The highest BCUT2D eigenvalue weighted by Gasteiger charge is 2.18. The molecular formula is C7H10O2. The summed E-state index contributed by atoms with van der Waals surface area (Å²) in [6, 6.07) is 0. The summed E-state index contributed by atoms with van der Waals surface area (Å²) in [5.41, 5.74) is 0. The Morgan fingerprint density at radius 3 is 2.78 bits per heavy atom. The monoisotopic (exact) mass is 126 g/mol. The number of hydrogen-bond acceptors (Lipinski definition) is 2. The molecule has 0 spiro atoms. The number of carbonyl (C=O) groups excluding carboxylic acids is 1. The molecular weight excluding hydrogens is 116 g/mol. The fraction of sp³-hybridized carbons (Fsp3) is 0.571.